The van der Waals surface area contributed by atoms with E-state index >= 15 is 0 Å². The molecular formula is C21H18N4O3. The molecule has 28 heavy (non-hydrogen) atoms. The monoisotopic (exact) mass is 374 g/mol. The predicted molar refractivity (Wildman–Crippen MR) is 107 cm³/mol. The van der Waals surface area contributed by atoms with Crippen molar-refractivity contribution >= 4 is 28.9 Å². The summed E-state index contributed by atoms with van der Waals surface area (Å²) in [5.74, 6) is -0.105. The van der Waals surface area contributed by atoms with Gasteiger partial charge in [-0.1, -0.05) is 12.1 Å². The number of rotatable bonds is 5. The number of aliphatic carboxylic acids is 1. The van der Waals surface area contributed by atoms with E-state index in [-0.39, 0.29) is 0 Å². The third kappa shape index (κ3) is 3.62. The summed E-state index contributed by atoms with van der Waals surface area (Å²) in [6.07, 6.45) is 4.22. The van der Waals surface area contributed by atoms with Crippen molar-refractivity contribution in [1.82, 2.24) is 9.97 Å². The van der Waals surface area contributed by atoms with Gasteiger partial charge >= 0.3 is 5.97 Å². The molecule has 1 heterocycles. The molecule has 0 aliphatic carbocycles. The second kappa shape index (κ2) is 7.76. The van der Waals surface area contributed by atoms with Crippen LogP contribution >= 0.6 is 0 Å². The van der Waals surface area contributed by atoms with Crippen LogP contribution in [-0.2, 0) is 4.79 Å². The molecule has 0 radical (unpaired) electrons. The Bertz CT molecular complexity index is 1130. The van der Waals surface area contributed by atoms with Crippen molar-refractivity contribution in [1.29, 1.82) is 5.26 Å². The van der Waals surface area contributed by atoms with E-state index in [1.807, 2.05) is 26.2 Å². The lowest BCUT2D eigenvalue weighted by atomic mass is 9.96. The molecule has 0 atom stereocenters. The van der Waals surface area contributed by atoms with Gasteiger partial charge in [-0.2, -0.15) is 5.26 Å². The quantitative estimate of drug-likeness (QED) is 0.684. The van der Waals surface area contributed by atoms with E-state index < -0.39 is 5.97 Å². The number of anilines is 1. The van der Waals surface area contributed by atoms with Crippen molar-refractivity contribution in [3.63, 3.8) is 0 Å². The van der Waals surface area contributed by atoms with E-state index in [0.29, 0.717) is 28.3 Å². The second-order valence-corrected chi connectivity index (χ2v) is 6.24. The Balaban J connectivity index is 2.39. The Morgan fingerprint density at radius 2 is 2.11 bits per heavy atom. The number of nitrogens with zero attached hydrogens (tertiary/aromatic N) is 4. The number of fused-ring (bicyclic) bond motifs is 1. The summed E-state index contributed by atoms with van der Waals surface area (Å²) in [6, 6.07) is 11.1. The fourth-order valence-electron chi connectivity index (χ4n) is 2.89. The number of nitriles is 1. The van der Waals surface area contributed by atoms with Crippen LogP contribution in [0.5, 0.6) is 5.75 Å². The van der Waals surface area contributed by atoms with Gasteiger partial charge in [-0.05, 0) is 35.4 Å². The molecule has 3 aromatic rings. The minimum atomic E-state index is -1.06. The summed E-state index contributed by atoms with van der Waals surface area (Å²) in [6.45, 7) is 0. The summed E-state index contributed by atoms with van der Waals surface area (Å²) >= 11 is 0. The zero-order valence-electron chi connectivity index (χ0n) is 15.7. The first-order valence-corrected chi connectivity index (χ1v) is 8.41. The summed E-state index contributed by atoms with van der Waals surface area (Å²) in [5, 5.41) is 19.0. The standard InChI is InChI=1S/C21H18N4O3/c1-25(2)21-23-12-17-16(14-6-4-5-13(9-14)11-22)10-15(7-8-18(26)27)20(28-3)19(17)24-21/h4-10,12H,1-3H3,(H,26,27). The number of ether oxygens (including phenoxy) is 1. The topological polar surface area (TPSA) is 99.3 Å². The molecule has 0 unspecified atom stereocenters. The predicted octanol–water partition coefficient (Wildman–Crippen LogP) is 3.34. The molecule has 0 spiro atoms. The second-order valence-electron chi connectivity index (χ2n) is 6.24. The molecule has 7 nitrogen and oxygen atoms in total. The number of hydrogen-bond donors (Lipinski definition) is 1. The maximum Gasteiger partial charge on any atom is 0.328 e. The van der Waals surface area contributed by atoms with Crippen molar-refractivity contribution in [3.8, 4) is 22.9 Å². The third-order valence-electron chi connectivity index (χ3n) is 4.16. The van der Waals surface area contributed by atoms with Crippen molar-refractivity contribution in [2.24, 2.45) is 0 Å². The average Bonchev–Trinajstić information content (AvgIpc) is 2.70. The molecule has 0 fully saturated rings. The number of carboxylic acid groups (broad SMARTS) is 1. The minimum Gasteiger partial charge on any atom is -0.494 e. The Hall–Kier alpha value is -3.92. The van der Waals surface area contributed by atoms with Crippen LogP contribution in [0, 0.1) is 11.3 Å². The fraction of sp³-hybridized carbons (Fsp3) is 0.143. The molecule has 2 aromatic carbocycles. The molecule has 0 amide bonds. The molecule has 0 bridgehead atoms. The maximum atomic E-state index is 11.0. The molecule has 140 valence electrons. The van der Waals surface area contributed by atoms with E-state index in [1.165, 1.54) is 13.2 Å². The van der Waals surface area contributed by atoms with Crippen LogP contribution in [0.2, 0.25) is 0 Å². The summed E-state index contributed by atoms with van der Waals surface area (Å²) in [4.78, 5) is 21.8. The highest BCUT2D eigenvalue weighted by Crippen LogP contribution is 2.37. The Morgan fingerprint density at radius 1 is 1.32 bits per heavy atom. The number of carboxylic acids is 1. The van der Waals surface area contributed by atoms with Gasteiger partial charge in [0.25, 0.3) is 0 Å². The van der Waals surface area contributed by atoms with Crippen LogP contribution in [0.3, 0.4) is 0 Å². The SMILES string of the molecule is COc1c(C=CC(=O)O)cc(-c2cccc(C#N)c2)c2cnc(N(C)C)nc12. The van der Waals surface area contributed by atoms with Crippen molar-refractivity contribution in [3.05, 3.63) is 53.7 Å². The zero-order valence-corrected chi connectivity index (χ0v) is 15.7. The van der Waals surface area contributed by atoms with Gasteiger partial charge in [-0.3, -0.25) is 0 Å². The average molecular weight is 374 g/mol. The maximum absolute atomic E-state index is 11.0. The lowest BCUT2D eigenvalue weighted by molar-refractivity contribution is -0.131. The third-order valence-corrected chi connectivity index (χ3v) is 4.16. The number of hydrogen-bond acceptors (Lipinski definition) is 6. The number of carbonyl (C=O) groups is 1. The van der Waals surface area contributed by atoms with Gasteiger partial charge in [0.2, 0.25) is 5.95 Å². The summed E-state index contributed by atoms with van der Waals surface area (Å²) in [7, 11) is 5.18. The Kier molecular flexibility index (Phi) is 5.23. The van der Waals surface area contributed by atoms with Gasteiger partial charge < -0.3 is 14.7 Å². The van der Waals surface area contributed by atoms with Crippen LogP contribution in [0.25, 0.3) is 28.1 Å². The normalized spacial score (nSPS) is 10.8. The number of aromatic nitrogens is 2. The fourth-order valence-corrected chi connectivity index (χ4v) is 2.89. The lowest BCUT2D eigenvalue weighted by Crippen LogP contribution is -2.12. The highest BCUT2D eigenvalue weighted by Gasteiger charge is 2.16. The molecular weight excluding hydrogens is 356 g/mol. The summed E-state index contributed by atoms with van der Waals surface area (Å²) < 4.78 is 5.56. The first-order valence-electron chi connectivity index (χ1n) is 8.41. The van der Waals surface area contributed by atoms with Crippen LogP contribution in [0.1, 0.15) is 11.1 Å². The smallest absolute Gasteiger partial charge is 0.328 e. The van der Waals surface area contributed by atoms with E-state index in [1.54, 1.807) is 29.3 Å². The highest BCUT2D eigenvalue weighted by atomic mass is 16.5. The number of methoxy groups -OCH3 is 1. The minimum absolute atomic E-state index is 0.457. The largest absolute Gasteiger partial charge is 0.494 e. The highest BCUT2D eigenvalue weighted by molar-refractivity contribution is 6.01. The van der Waals surface area contributed by atoms with Crippen LogP contribution < -0.4 is 9.64 Å². The first-order chi connectivity index (χ1) is 13.4. The molecule has 0 aliphatic heterocycles. The van der Waals surface area contributed by atoms with E-state index in [9.17, 15) is 10.1 Å². The van der Waals surface area contributed by atoms with Gasteiger partial charge in [-0.25, -0.2) is 14.8 Å². The molecule has 0 aliphatic rings. The Morgan fingerprint density at radius 3 is 2.75 bits per heavy atom. The first kappa shape index (κ1) is 18.9. The van der Waals surface area contributed by atoms with Crippen molar-refractivity contribution < 1.29 is 14.6 Å². The number of benzene rings is 2. The zero-order chi connectivity index (χ0) is 20.3. The summed E-state index contributed by atoms with van der Waals surface area (Å²) in [5.41, 5.74) is 3.24. The van der Waals surface area contributed by atoms with Crippen LogP contribution in [0.15, 0.2) is 42.6 Å². The molecule has 7 heteroatoms. The van der Waals surface area contributed by atoms with Crippen molar-refractivity contribution in [2.75, 3.05) is 26.1 Å². The lowest BCUT2D eigenvalue weighted by Gasteiger charge is -2.16. The molecule has 1 N–H and O–H groups in total. The van der Waals surface area contributed by atoms with Gasteiger partial charge in [-0.15, -0.1) is 0 Å². The molecule has 3 rings (SSSR count). The van der Waals surface area contributed by atoms with Gasteiger partial charge in [0, 0.05) is 37.3 Å². The van der Waals surface area contributed by atoms with E-state index in [0.717, 1.165) is 22.6 Å². The van der Waals surface area contributed by atoms with Crippen LogP contribution in [-0.4, -0.2) is 42.2 Å². The van der Waals surface area contributed by atoms with Crippen molar-refractivity contribution in [2.45, 2.75) is 0 Å². The Labute approximate surface area is 162 Å². The molecule has 1 aromatic heterocycles. The van der Waals surface area contributed by atoms with Gasteiger partial charge in [0.1, 0.15) is 5.52 Å². The molecule has 0 saturated carbocycles. The van der Waals surface area contributed by atoms with Gasteiger partial charge in [0.15, 0.2) is 5.75 Å². The molecule has 0 saturated heterocycles. The van der Waals surface area contributed by atoms with Crippen LogP contribution in [0.4, 0.5) is 5.95 Å². The van der Waals surface area contributed by atoms with E-state index in [2.05, 4.69) is 16.0 Å². The van der Waals surface area contributed by atoms with E-state index in [4.69, 9.17) is 9.84 Å². The van der Waals surface area contributed by atoms with Gasteiger partial charge in [0.05, 0.1) is 18.7 Å².